The Balaban J connectivity index is 2.41. The molecule has 0 spiro atoms. The predicted molar refractivity (Wildman–Crippen MR) is 134 cm³/mol. The van der Waals surface area contributed by atoms with Crippen LogP contribution in [0.25, 0.3) is 0 Å². The van der Waals surface area contributed by atoms with Crippen molar-refractivity contribution in [2.24, 2.45) is 0 Å². The zero-order valence-corrected chi connectivity index (χ0v) is 21.2. The van der Waals surface area contributed by atoms with Gasteiger partial charge in [0.25, 0.3) is 5.69 Å². The van der Waals surface area contributed by atoms with Crippen molar-refractivity contribution < 1.29 is 22.9 Å². The second-order valence-electron chi connectivity index (χ2n) is 8.33. The number of benzene rings is 2. The van der Waals surface area contributed by atoms with Gasteiger partial charge in [0.1, 0.15) is 12.6 Å². The lowest BCUT2D eigenvalue weighted by Gasteiger charge is -2.31. The second kappa shape index (κ2) is 12.3. The number of anilines is 1. The van der Waals surface area contributed by atoms with Crippen molar-refractivity contribution in [2.75, 3.05) is 23.7 Å². The monoisotopic (exact) mass is 504 g/mol. The topological polar surface area (TPSA) is 130 Å². The van der Waals surface area contributed by atoms with Crippen molar-refractivity contribution in [3.05, 3.63) is 69.8 Å². The summed E-state index contributed by atoms with van der Waals surface area (Å²) in [4.78, 5) is 38.2. The van der Waals surface area contributed by atoms with E-state index in [-0.39, 0.29) is 23.8 Å². The summed E-state index contributed by atoms with van der Waals surface area (Å²) < 4.78 is 26.2. The molecule has 0 saturated heterocycles. The number of hydrogen-bond donors (Lipinski definition) is 1. The molecule has 1 N–H and O–H groups in total. The molecule has 0 aliphatic carbocycles. The largest absolute Gasteiger partial charge is 0.354 e. The lowest BCUT2D eigenvalue weighted by Crippen LogP contribution is -2.51. The molecule has 1 unspecified atom stereocenters. The highest BCUT2D eigenvalue weighted by atomic mass is 32.2. The normalized spacial score (nSPS) is 12.0. The van der Waals surface area contributed by atoms with Crippen LogP contribution in [-0.4, -0.2) is 55.4 Å². The number of nitrogens with one attached hydrogen (secondary N) is 1. The maximum absolute atomic E-state index is 13.5. The van der Waals surface area contributed by atoms with E-state index in [2.05, 4.69) is 5.32 Å². The van der Waals surface area contributed by atoms with Crippen molar-refractivity contribution in [3.63, 3.8) is 0 Å². The number of hydrogen-bond acceptors (Lipinski definition) is 6. The zero-order chi connectivity index (χ0) is 26.2. The Morgan fingerprint density at radius 1 is 1.14 bits per heavy atom. The lowest BCUT2D eigenvalue weighted by atomic mass is 10.1. The number of nitro benzene ring substituents is 1. The third-order valence-corrected chi connectivity index (χ3v) is 6.67. The van der Waals surface area contributed by atoms with Crippen molar-refractivity contribution in [1.82, 2.24) is 10.2 Å². The van der Waals surface area contributed by atoms with Gasteiger partial charge in [0.05, 0.1) is 16.9 Å². The van der Waals surface area contributed by atoms with Crippen LogP contribution in [0.2, 0.25) is 0 Å². The second-order valence-corrected chi connectivity index (χ2v) is 10.2. The first-order valence-corrected chi connectivity index (χ1v) is 13.1. The molecule has 190 valence electrons. The number of nitrogens with zero attached hydrogens (tertiary/aromatic N) is 3. The minimum atomic E-state index is -3.99. The van der Waals surface area contributed by atoms with Crippen molar-refractivity contribution in [1.29, 1.82) is 0 Å². The molecule has 0 aliphatic heterocycles. The molecule has 2 rings (SSSR count). The summed E-state index contributed by atoms with van der Waals surface area (Å²) in [6, 6.07) is 12.0. The number of amides is 2. The van der Waals surface area contributed by atoms with Gasteiger partial charge in [-0.1, -0.05) is 49.7 Å². The van der Waals surface area contributed by atoms with Crippen LogP contribution in [0.1, 0.15) is 37.8 Å². The highest BCUT2D eigenvalue weighted by Crippen LogP contribution is 2.27. The summed E-state index contributed by atoms with van der Waals surface area (Å²) in [6.45, 7) is 5.14. The summed E-state index contributed by atoms with van der Waals surface area (Å²) in [7, 11) is -3.99. The first kappa shape index (κ1) is 27.8. The van der Waals surface area contributed by atoms with E-state index >= 15 is 0 Å². The number of carbonyl (C=O) groups is 2. The maximum atomic E-state index is 13.5. The van der Waals surface area contributed by atoms with Gasteiger partial charge >= 0.3 is 0 Å². The van der Waals surface area contributed by atoms with Gasteiger partial charge in [-0.15, -0.1) is 0 Å². The van der Waals surface area contributed by atoms with Gasteiger partial charge in [-0.3, -0.25) is 24.0 Å². The van der Waals surface area contributed by atoms with E-state index < -0.39 is 33.4 Å². The van der Waals surface area contributed by atoms with E-state index in [9.17, 15) is 28.1 Å². The van der Waals surface area contributed by atoms with Crippen LogP contribution in [0.3, 0.4) is 0 Å². The standard InChI is InChI=1S/C24H32N4O6S/c1-5-6-14-25-24(30)19(3)26(16-20-10-8-7-9-11-20)23(29)17-27(35(4,33)34)22-15-21(28(31)32)13-12-18(22)2/h7-13,15,19H,5-6,14,16-17H2,1-4H3,(H,25,30). The molecule has 0 aromatic heterocycles. The van der Waals surface area contributed by atoms with Crippen LogP contribution in [0.4, 0.5) is 11.4 Å². The summed E-state index contributed by atoms with van der Waals surface area (Å²) in [5, 5.41) is 14.1. The highest BCUT2D eigenvalue weighted by Gasteiger charge is 2.31. The molecule has 0 bridgehead atoms. The first-order chi connectivity index (χ1) is 16.5. The van der Waals surface area contributed by atoms with E-state index in [1.54, 1.807) is 38.1 Å². The Labute approximate surface area is 206 Å². The van der Waals surface area contributed by atoms with Gasteiger partial charge in [0.15, 0.2) is 0 Å². The molecule has 35 heavy (non-hydrogen) atoms. The average molecular weight is 505 g/mol. The Hall–Kier alpha value is -3.47. The molecule has 2 aromatic rings. The van der Waals surface area contributed by atoms with Crippen molar-refractivity contribution >= 4 is 33.2 Å². The number of non-ortho nitro benzene ring substituents is 1. The number of unbranched alkanes of at least 4 members (excludes halogenated alkanes) is 1. The van der Waals surface area contributed by atoms with Crippen LogP contribution in [-0.2, 0) is 26.2 Å². The van der Waals surface area contributed by atoms with Crippen LogP contribution in [0.15, 0.2) is 48.5 Å². The Kier molecular flexibility index (Phi) is 9.76. The molecule has 0 aliphatic rings. The minimum Gasteiger partial charge on any atom is -0.354 e. The van der Waals surface area contributed by atoms with Crippen LogP contribution in [0, 0.1) is 17.0 Å². The zero-order valence-electron chi connectivity index (χ0n) is 20.4. The van der Waals surface area contributed by atoms with Gasteiger partial charge in [0.2, 0.25) is 21.8 Å². The van der Waals surface area contributed by atoms with Crippen molar-refractivity contribution in [2.45, 2.75) is 46.2 Å². The highest BCUT2D eigenvalue weighted by molar-refractivity contribution is 7.92. The van der Waals surface area contributed by atoms with Crippen LogP contribution in [0.5, 0.6) is 0 Å². The molecule has 2 amide bonds. The third-order valence-electron chi connectivity index (χ3n) is 5.54. The number of aryl methyl sites for hydroxylation is 1. The lowest BCUT2D eigenvalue weighted by molar-refractivity contribution is -0.384. The number of nitro groups is 1. The number of sulfonamides is 1. The SMILES string of the molecule is CCCCNC(=O)C(C)N(Cc1ccccc1)C(=O)CN(c1cc([N+](=O)[O-])ccc1C)S(C)(=O)=O. The summed E-state index contributed by atoms with van der Waals surface area (Å²) in [5.74, 6) is -0.955. The Morgan fingerprint density at radius 2 is 1.80 bits per heavy atom. The van der Waals surface area contributed by atoms with E-state index in [1.165, 1.54) is 17.0 Å². The van der Waals surface area contributed by atoms with Crippen LogP contribution >= 0.6 is 0 Å². The van der Waals surface area contributed by atoms with Gasteiger partial charge in [-0.05, 0) is 31.4 Å². The smallest absolute Gasteiger partial charge is 0.271 e. The fourth-order valence-electron chi connectivity index (χ4n) is 3.47. The molecule has 0 fully saturated rings. The summed E-state index contributed by atoms with van der Waals surface area (Å²) >= 11 is 0. The quantitative estimate of drug-likeness (QED) is 0.269. The average Bonchev–Trinajstić information content (AvgIpc) is 2.80. The molecule has 0 heterocycles. The van der Waals surface area contributed by atoms with Crippen molar-refractivity contribution in [3.8, 4) is 0 Å². The Morgan fingerprint density at radius 3 is 2.37 bits per heavy atom. The van der Waals surface area contributed by atoms with Gasteiger partial charge in [-0.2, -0.15) is 0 Å². The third kappa shape index (κ3) is 7.78. The predicted octanol–water partition coefficient (Wildman–Crippen LogP) is 3.00. The molecule has 11 heteroatoms. The number of carbonyl (C=O) groups excluding carboxylic acids is 2. The fraction of sp³-hybridized carbons (Fsp3) is 0.417. The molecule has 0 radical (unpaired) electrons. The van der Waals surface area contributed by atoms with E-state index in [1.807, 2.05) is 13.0 Å². The summed E-state index contributed by atoms with van der Waals surface area (Å²) in [6.07, 6.45) is 2.62. The first-order valence-electron chi connectivity index (χ1n) is 11.3. The van der Waals surface area contributed by atoms with Crippen LogP contribution < -0.4 is 9.62 Å². The molecular formula is C24H32N4O6S. The number of rotatable bonds is 12. The molecule has 10 nitrogen and oxygen atoms in total. The minimum absolute atomic E-state index is 0.0368. The van der Waals surface area contributed by atoms with Gasteiger partial charge in [0, 0.05) is 25.2 Å². The van der Waals surface area contributed by atoms with E-state index in [4.69, 9.17) is 0 Å². The fourth-order valence-corrected chi connectivity index (χ4v) is 4.37. The maximum Gasteiger partial charge on any atom is 0.271 e. The molecule has 0 saturated carbocycles. The molecule has 2 aromatic carbocycles. The Bertz CT molecular complexity index is 1150. The van der Waals surface area contributed by atoms with E-state index in [0.717, 1.165) is 35.0 Å². The molecule has 1 atom stereocenters. The van der Waals surface area contributed by atoms with E-state index in [0.29, 0.717) is 12.1 Å². The molecular weight excluding hydrogens is 472 g/mol. The van der Waals surface area contributed by atoms with Gasteiger partial charge in [-0.25, -0.2) is 8.42 Å². The van der Waals surface area contributed by atoms with Gasteiger partial charge < -0.3 is 10.2 Å². The summed E-state index contributed by atoms with van der Waals surface area (Å²) in [5.41, 5.74) is 0.964.